The fourth-order valence-electron chi connectivity index (χ4n) is 2.71. The van der Waals surface area contributed by atoms with Gasteiger partial charge < -0.3 is 0 Å². The van der Waals surface area contributed by atoms with Gasteiger partial charge in [-0.2, -0.15) is 0 Å². The Bertz CT molecular complexity index is 381. The van der Waals surface area contributed by atoms with Gasteiger partial charge in [0.25, 0.3) is 0 Å². The topological polar surface area (TPSA) is 0 Å². The minimum Gasteiger partial charge on any atom is -0.0651 e. The number of benzene rings is 1. The second-order valence-electron chi connectivity index (χ2n) is 7.42. The van der Waals surface area contributed by atoms with E-state index in [1.807, 2.05) is 0 Å². The van der Waals surface area contributed by atoms with Gasteiger partial charge in [-0.3, -0.25) is 0 Å². The molecule has 0 heterocycles. The van der Waals surface area contributed by atoms with E-state index in [4.69, 9.17) is 0 Å². The Morgan fingerprint density at radius 3 is 1.63 bits per heavy atom. The average Bonchev–Trinajstić information content (AvgIpc) is 2.38. The molecule has 0 saturated heterocycles. The van der Waals surface area contributed by atoms with Gasteiger partial charge in [0.15, 0.2) is 0 Å². The van der Waals surface area contributed by atoms with Crippen molar-refractivity contribution in [2.45, 2.75) is 78.6 Å². The summed E-state index contributed by atoms with van der Waals surface area (Å²) in [4.78, 5) is 0. The molecule has 0 bridgehead atoms. The van der Waals surface area contributed by atoms with E-state index in [2.05, 4.69) is 72.7 Å². The molecule has 0 spiro atoms. The normalized spacial score (nSPS) is 14.5. The Balaban J connectivity index is 2.92. The van der Waals surface area contributed by atoms with Crippen molar-refractivity contribution in [2.24, 2.45) is 5.92 Å². The Labute approximate surface area is 120 Å². The fourth-order valence-corrected chi connectivity index (χ4v) is 2.71. The molecule has 0 saturated carbocycles. The first-order chi connectivity index (χ1) is 8.73. The van der Waals surface area contributed by atoms with Crippen LogP contribution in [0.25, 0.3) is 0 Å². The smallest absolute Gasteiger partial charge is 0.0101 e. The van der Waals surface area contributed by atoms with Crippen molar-refractivity contribution in [3.05, 3.63) is 35.4 Å². The second-order valence-corrected chi connectivity index (χ2v) is 7.42. The summed E-state index contributed by atoms with van der Waals surface area (Å²) in [6.45, 7) is 16.3. The molecule has 1 aromatic carbocycles. The maximum atomic E-state index is 2.37. The molecule has 1 unspecified atom stereocenters. The minimum atomic E-state index is 0.282. The quantitative estimate of drug-likeness (QED) is 0.580. The SMILES string of the molecule is CCC(C)CC(C)(C)c1ccc(C(C)(C)CC)cc1. The summed E-state index contributed by atoms with van der Waals surface area (Å²) in [5, 5.41) is 0. The number of hydrogen-bond acceptors (Lipinski definition) is 0. The summed E-state index contributed by atoms with van der Waals surface area (Å²) in [5.41, 5.74) is 3.51. The Hall–Kier alpha value is -0.780. The lowest BCUT2D eigenvalue weighted by atomic mass is 9.75. The number of rotatable bonds is 6. The molecule has 1 aromatic rings. The molecule has 0 aliphatic carbocycles. The van der Waals surface area contributed by atoms with Crippen molar-refractivity contribution in [1.29, 1.82) is 0 Å². The van der Waals surface area contributed by atoms with Crippen LogP contribution in [0.5, 0.6) is 0 Å². The van der Waals surface area contributed by atoms with Gasteiger partial charge in [0.1, 0.15) is 0 Å². The average molecular weight is 260 g/mol. The van der Waals surface area contributed by atoms with Crippen LogP contribution in [0.1, 0.15) is 78.9 Å². The van der Waals surface area contributed by atoms with Crippen molar-refractivity contribution in [1.82, 2.24) is 0 Å². The predicted octanol–water partition coefficient (Wildman–Crippen LogP) is 6.09. The largest absolute Gasteiger partial charge is 0.0651 e. The van der Waals surface area contributed by atoms with Crippen LogP contribution < -0.4 is 0 Å². The number of hydrogen-bond donors (Lipinski definition) is 0. The highest BCUT2D eigenvalue weighted by atomic mass is 14.3. The Morgan fingerprint density at radius 1 is 0.842 bits per heavy atom. The standard InChI is InChI=1S/C19H32/c1-8-15(3)14-19(6,7)17-12-10-16(11-13-17)18(4,5)9-2/h10-13,15H,8-9,14H2,1-7H3. The van der Waals surface area contributed by atoms with Crippen molar-refractivity contribution in [2.75, 3.05) is 0 Å². The minimum absolute atomic E-state index is 0.282. The molecule has 0 radical (unpaired) electrons. The van der Waals surface area contributed by atoms with Crippen molar-refractivity contribution in [3.8, 4) is 0 Å². The van der Waals surface area contributed by atoms with Crippen LogP contribution in [0.3, 0.4) is 0 Å². The molecule has 0 aliphatic heterocycles. The maximum absolute atomic E-state index is 2.37. The molecular formula is C19H32. The first-order valence-electron chi connectivity index (χ1n) is 7.84. The van der Waals surface area contributed by atoms with Gasteiger partial charge in [-0.15, -0.1) is 0 Å². The molecular weight excluding hydrogens is 228 g/mol. The zero-order valence-electron chi connectivity index (χ0n) is 14.0. The third-order valence-electron chi connectivity index (χ3n) is 4.89. The summed E-state index contributed by atoms with van der Waals surface area (Å²) >= 11 is 0. The summed E-state index contributed by atoms with van der Waals surface area (Å²) < 4.78 is 0. The lowest BCUT2D eigenvalue weighted by Gasteiger charge is -2.30. The van der Waals surface area contributed by atoms with E-state index in [0.717, 1.165) is 5.92 Å². The molecule has 0 nitrogen and oxygen atoms in total. The third kappa shape index (κ3) is 4.09. The van der Waals surface area contributed by atoms with Gasteiger partial charge in [0, 0.05) is 0 Å². The van der Waals surface area contributed by atoms with E-state index in [1.54, 1.807) is 0 Å². The third-order valence-corrected chi connectivity index (χ3v) is 4.89. The van der Waals surface area contributed by atoms with Crippen LogP contribution in [0.2, 0.25) is 0 Å². The molecule has 0 heteroatoms. The van der Waals surface area contributed by atoms with E-state index >= 15 is 0 Å². The molecule has 108 valence electrons. The highest BCUT2D eigenvalue weighted by molar-refractivity contribution is 5.31. The Morgan fingerprint density at radius 2 is 1.26 bits per heavy atom. The highest BCUT2D eigenvalue weighted by Gasteiger charge is 2.24. The van der Waals surface area contributed by atoms with Crippen molar-refractivity contribution in [3.63, 3.8) is 0 Å². The first-order valence-corrected chi connectivity index (χ1v) is 7.84. The van der Waals surface area contributed by atoms with Crippen LogP contribution >= 0.6 is 0 Å². The van der Waals surface area contributed by atoms with Crippen molar-refractivity contribution >= 4 is 0 Å². The maximum Gasteiger partial charge on any atom is -0.0101 e. The lowest BCUT2D eigenvalue weighted by molar-refractivity contribution is 0.372. The summed E-state index contributed by atoms with van der Waals surface area (Å²) in [6, 6.07) is 9.35. The Kier molecular flexibility index (Phi) is 5.24. The molecule has 0 aliphatic rings. The van der Waals surface area contributed by atoms with Gasteiger partial charge in [-0.1, -0.05) is 79.2 Å². The van der Waals surface area contributed by atoms with Crippen LogP contribution in [0.4, 0.5) is 0 Å². The second kappa shape index (κ2) is 6.11. The van der Waals surface area contributed by atoms with Crippen LogP contribution in [-0.2, 0) is 10.8 Å². The molecule has 0 N–H and O–H groups in total. The monoisotopic (exact) mass is 260 g/mol. The summed E-state index contributed by atoms with van der Waals surface area (Å²) in [7, 11) is 0. The molecule has 1 atom stereocenters. The van der Waals surface area contributed by atoms with Crippen LogP contribution in [0.15, 0.2) is 24.3 Å². The van der Waals surface area contributed by atoms with E-state index in [-0.39, 0.29) is 5.41 Å². The van der Waals surface area contributed by atoms with Gasteiger partial charge >= 0.3 is 0 Å². The van der Waals surface area contributed by atoms with E-state index < -0.39 is 0 Å². The van der Waals surface area contributed by atoms with E-state index in [1.165, 1.54) is 30.4 Å². The first kappa shape index (κ1) is 16.3. The zero-order valence-corrected chi connectivity index (χ0v) is 14.0. The predicted molar refractivity (Wildman–Crippen MR) is 86.9 cm³/mol. The molecule has 1 rings (SSSR count). The molecule has 0 amide bonds. The van der Waals surface area contributed by atoms with Gasteiger partial charge in [0.2, 0.25) is 0 Å². The van der Waals surface area contributed by atoms with Crippen LogP contribution in [-0.4, -0.2) is 0 Å². The highest BCUT2D eigenvalue weighted by Crippen LogP contribution is 2.33. The summed E-state index contributed by atoms with van der Waals surface area (Å²) in [5.74, 6) is 0.793. The zero-order chi connectivity index (χ0) is 14.7. The van der Waals surface area contributed by atoms with Gasteiger partial charge in [-0.25, -0.2) is 0 Å². The van der Waals surface area contributed by atoms with Gasteiger partial charge in [0.05, 0.1) is 0 Å². The lowest BCUT2D eigenvalue weighted by Crippen LogP contribution is -2.21. The molecule has 19 heavy (non-hydrogen) atoms. The van der Waals surface area contributed by atoms with E-state index in [0.29, 0.717) is 5.41 Å². The summed E-state index contributed by atoms with van der Waals surface area (Å²) in [6.07, 6.45) is 3.72. The molecule has 0 fully saturated rings. The van der Waals surface area contributed by atoms with Gasteiger partial charge in [-0.05, 0) is 40.7 Å². The molecule has 0 aromatic heterocycles. The van der Waals surface area contributed by atoms with Crippen molar-refractivity contribution < 1.29 is 0 Å². The van der Waals surface area contributed by atoms with Crippen LogP contribution in [0, 0.1) is 5.92 Å². The fraction of sp³-hybridized carbons (Fsp3) is 0.684. The van der Waals surface area contributed by atoms with E-state index in [9.17, 15) is 0 Å².